The van der Waals surface area contributed by atoms with Crippen LogP contribution in [0.25, 0.3) is 0 Å². The van der Waals surface area contributed by atoms with Crippen LogP contribution in [0.5, 0.6) is 0 Å². The predicted molar refractivity (Wildman–Crippen MR) is 119 cm³/mol. The predicted octanol–water partition coefficient (Wildman–Crippen LogP) is 3.00. The fourth-order valence-corrected chi connectivity index (χ4v) is 3.27. The van der Waals surface area contributed by atoms with Gasteiger partial charge < -0.3 is 15.7 Å². The first-order valence-electron chi connectivity index (χ1n) is 9.61. The molecule has 0 aromatic carbocycles. The van der Waals surface area contributed by atoms with Gasteiger partial charge in [-0.15, -0.1) is 24.0 Å². The van der Waals surface area contributed by atoms with Crippen LogP contribution in [0.1, 0.15) is 52.9 Å². The maximum Gasteiger partial charge on any atom is 0.191 e. The van der Waals surface area contributed by atoms with Gasteiger partial charge >= 0.3 is 0 Å². The zero-order valence-corrected chi connectivity index (χ0v) is 18.7. The lowest BCUT2D eigenvalue weighted by Gasteiger charge is -2.33. The van der Waals surface area contributed by atoms with Crippen LogP contribution in [0.15, 0.2) is 17.1 Å². The van der Waals surface area contributed by atoms with Crippen LogP contribution in [0, 0.1) is 5.92 Å². The van der Waals surface area contributed by atoms with E-state index >= 15 is 0 Å². The highest BCUT2D eigenvalue weighted by atomic mass is 127. The molecule has 0 saturated carbocycles. The Morgan fingerprint density at radius 2 is 1.96 bits per heavy atom. The van der Waals surface area contributed by atoms with Crippen molar-refractivity contribution >= 4 is 29.9 Å². The van der Waals surface area contributed by atoms with Gasteiger partial charge in [0.2, 0.25) is 0 Å². The van der Waals surface area contributed by atoms with Crippen molar-refractivity contribution in [3.8, 4) is 0 Å². The fourth-order valence-electron chi connectivity index (χ4n) is 3.27. The number of hydrogen-bond donors (Lipinski definition) is 3. The molecule has 0 spiro atoms. The summed E-state index contributed by atoms with van der Waals surface area (Å²) < 4.78 is 0. The van der Waals surface area contributed by atoms with E-state index in [-0.39, 0.29) is 30.6 Å². The van der Waals surface area contributed by atoms with Crippen LogP contribution in [0.2, 0.25) is 0 Å². The van der Waals surface area contributed by atoms with Crippen molar-refractivity contribution in [3.63, 3.8) is 0 Å². The first kappa shape index (κ1) is 24.7. The van der Waals surface area contributed by atoms with Gasteiger partial charge in [-0.25, -0.2) is 0 Å². The molecule has 1 aliphatic rings. The van der Waals surface area contributed by atoms with Gasteiger partial charge in [-0.1, -0.05) is 25.5 Å². The number of halogens is 1. The molecule has 1 aliphatic heterocycles. The summed E-state index contributed by atoms with van der Waals surface area (Å²) in [5.74, 6) is 1.41. The molecule has 5 nitrogen and oxygen atoms in total. The Morgan fingerprint density at radius 1 is 1.28 bits per heavy atom. The number of nitrogens with zero attached hydrogens (tertiary/aromatic N) is 2. The Balaban J connectivity index is 0.00000576. The highest BCUT2D eigenvalue weighted by Gasteiger charge is 2.19. The lowest BCUT2D eigenvalue weighted by atomic mass is 10.0. The minimum atomic E-state index is 0. The van der Waals surface area contributed by atoms with Crippen LogP contribution >= 0.6 is 24.0 Å². The average molecular weight is 466 g/mol. The number of aliphatic hydroxyl groups is 1. The number of piperidine rings is 1. The molecule has 0 aliphatic carbocycles. The van der Waals surface area contributed by atoms with E-state index in [1.807, 2.05) is 0 Å². The standard InChI is InChI=1S/C19H38N4O.HI/c1-5-7-17(10-13-24)14-21-19(20-6-2)22-18-8-11-23(12-9-18)15-16(3)4;/h17-18,24H,3,5-15H2,1-2,4H3,(H2,20,21,22);1H. The Morgan fingerprint density at radius 3 is 2.48 bits per heavy atom. The minimum Gasteiger partial charge on any atom is -0.396 e. The normalized spacial score (nSPS) is 17.7. The summed E-state index contributed by atoms with van der Waals surface area (Å²) in [6, 6.07) is 0.492. The van der Waals surface area contributed by atoms with Crippen molar-refractivity contribution in [1.82, 2.24) is 15.5 Å². The molecule has 1 heterocycles. The first-order chi connectivity index (χ1) is 11.6. The van der Waals surface area contributed by atoms with Gasteiger partial charge in [0, 0.05) is 45.4 Å². The summed E-state index contributed by atoms with van der Waals surface area (Å²) >= 11 is 0. The SMILES string of the molecule is C=C(C)CN1CCC(NC(=NCC(CCC)CCO)NCC)CC1.I. The molecule has 0 aromatic heterocycles. The van der Waals surface area contributed by atoms with E-state index < -0.39 is 0 Å². The fraction of sp³-hybridized carbons (Fsp3) is 0.842. The van der Waals surface area contributed by atoms with Crippen molar-refractivity contribution in [1.29, 1.82) is 0 Å². The van der Waals surface area contributed by atoms with Gasteiger partial charge in [0.15, 0.2) is 5.96 Å². The number of rotatable bonds is 10. The summed E-state index contributed by atoms with van der Waals surface area (Å²) in [4.78, 5) is 7.24. The molecule has 1 unspecified atom stereocenters. The van der Waals surface area contributed by atoms with E-state index in [9.17, 15) is 5.11 Å². The van der Waals surface area contributed by atoms with Gasteiger partial charge in [-0.3, -0.25) is 9.89 Å². The number of guanidine groups is 1. The molecule has 0 radical (unpaired) electrons. The Kier molecular flexibility index (Phi) is 14.6. The van der Waals surface area contributed by atoms with Crippen molar-refractivity contribution < 1.29 is 5.11 Å². The second-order valence-electron chi connectivity index (χ2n) is 7.04. The van der Waals surface area contributed by atoms with E-state index in [0.29, 0.717) is 12.0 Å². The van der Waals surface area contributed by atoms with Crippen molar-refractivity contribution in [2.45, 2.75) is 58.9 Å². The number of likely N-dealkylation sites (tertiary alicyclic amines) is 1. The molecule has 0 bridgehead atoms. The second kappa shape index (κ2) is 14.8. The van der Waals surface area contributed by atoms with Gasteiger partial charge in [0.25, 0.3) is 0 Å². The molecular formula is C19H39IN4O. The highest BCUT2D eigenvalue weighted by Crippen LogP contribution is 2.13. The van der Waals surface area contributed by atoms with E-state index in [2.05, 4.69) is 42.9 Å². The summed E-state index contributed by atoms with van der Waals surface area (Å²) in [5, 5.41) is 16.1. The quantitative estimate of drug-likeness (QED) is 0.201. The Labute approximate surface area is 171 Å². The van der Waals surface area contributed by atoms with Gasteiger partial charge in [0.05, 0.1) is 0 Å². The molecule has 0 amide bonds. The zero-order chi connectivity index (χ0) is 17.8. The Bertz CT molecular complexity index is 376. The number of aliphatic imine (C=N–C) groups is 1. The van der Waals surface area contributed by atoms with Gasteiger partial charge in [0.1, 0.15) is 0 Å². The van der Waals surface area contributed by atoms with E-state index in [1.165, 1.54) is 5.57 Å². The molecule has 25 heavy (non-hydrogen) atoms. The monoisotopic (exact) mass is 466 g/mol. The number of aliphatic hydroxyl groups excluding tert-OH is 1. The maximum atomic E-state index is 9.19. The second-order valence-corrected chi connectivity index (χ2v) is 7.04. The molecular weight excluding hydrogens is 427 g/mol. The molecule has 1 saturated heterocycles. The van der Waals surface area contributed by atoms with Crippen LogP contribution in [-0.4, -0.2) is 61.3 Å². The summed E-state index contributed by atoms with van der Waals surface area (Å²) in [6.45, 7) is 15.6. The van der Waals surface area contributed by atoms with Crippen LogP contribution < -0.4 is 10.6 Å². The molecule has 1 atom stereocenters. The molecule has 1 fully saturated rings. The summed E-state index contributed by atoms with van der Waals surface area (Å²) in [7, 11) is 0. The van der Waals surface area contributed by atoms with Crippen molar-refractivity contribution in [2.75, 3.05) is 39.3 Å². The lowest BCUT2D eigenvalue weighted by Crippen LogP contribution is -2.49. The highest BCUT2D eigenvalue weighted by molar-refractivity contribution is 14.0. The largest absolute Gasteiger partial charge is 0.396 e. The average Bonchev–Trinajstić information content (AvgIpc) is 2.54. The van der Waals surface area contributed by atoms with Crippen LogP contribution in [0.4, 0.5) is 0 Å². The lowest BCUT2D eigenvalue weighted by molar-refractivity contribution is 0.221. The van der Waals surface area contributed by atoms with E-state index in [1.54, 1.807) is 0 Å². The minimum absolute atomic E-state index is 0. The van der Waals surface area contributed by atoms with Crippen LogP contribution in [-0.2, 0) is 0 Å². The van der Waals surface area contributed by atoms with Gasteiger partial charge in [-0.2, -0.15) is 0 Å². The summed E-state index contributed by atoms with van der Waals surface area (Å²) in [5.41, 5.74) is 1.24. The molecule has 3 N–H and O–H groups in total. The first-order valence-corrected chi connectivity index (χ1v) is 9.61. The van der Waals surface area contributed by atoms with Crippen molar-refractivity contribution in [3.05, 3.63) is 12.2 Å². The third kappa shape index (κ3) is 11.1. The van der Waals surface area contributed by atoms with Crippen LogP contribution in [0.3, 0.4) is 0 Å². The third-order valence-corrected chi connectivity index (χ3v) is 4.51. The smallest absolute Gasteiger partial charge is 0.191 e. The topological polar surface area (TPSA) is 59.9 Å². The number of nitrogens with one attached hydrogen (secondary N) is 2. The maximum absolute atomic E-state index is 9.19. The molecule has 6 heteroatoms. The van der Waals surface area contributed by atoms with Gasteiger partial charge in [-0.05, 0) is 45.4 Å². The van der Waals surface area contributed by atoms with E-state index in [4.69, 9.17) is 4.99 Å². The molecule has 148 valence electrons. The molecule has 1 rings (SSSR count). The van der Waals surface area contributed by atoms with Crippen molar-refractivity contribution in [2.24, 2.45) is 10.9 Å². The Hall–Kier alpha value is -0.340. The zero-order valence-electron chi connectivity index (χ0n) is 16.4. The summed E-state index contributed by atoms with van der Waals surface area (Å²) in [6.07, 6.45) is 5.41. The van der Waals surface area contributed by atoms with E-state index in [0.717, 1.165) is 70.8 Å². The number of hydrogen-bond acceptors (Lipinski definition) is 3. The molecule has 0 aromatic rings. The third-order valence-electron chi connectivity index (χ3n) is 4.51.